The van der Waals surface area contributed by atoms with Gasteiger partial charge in [-0.25, -0.2) is 0 Å². The van der Waals surface area contributed by atoms with Crippen LogP contribution in [0.2, 0.25) is 0 Å². The summed E-state index contributed by atoms with van der Waals surface area (Å²) in [6, 6.07) is 0. The van der Waals surface area contributed by atoms with Crippen molar-refractivity contribution in [3.05, 3.63) is 0 Å². The van der Waals surface area contributed by atoms with E-state index >= 15 is 0 Å². The molecule has 0 saturated heterocycles. The first-order chi connectivity index (χ1) is 6.36. The third-order valence-electron chi connectivity index (χ3n) is 4.29. The molecule has 0 radical (unpaired) electrons. The van der Waals surface area contributed by atoms with E-state index in [0.29, 0.717) is 0 Å². The summed E-state index contributed by atoms with van der Waals surface area (Å²) in [5, 5.41) is 0. The number of fused-ring (bicyclic) bond motifs is 1. The maximum Gasteiger partial charge on any atom is -0.0383 e. The molecule has 0 heterocycles. The van der Waals surface area contributed by atoms with Crippen molar-refractivity contribution in [2.75, 3.05) is 0 Å². The van der Waals surface area contributed by atoms with Crippen LogP contribution in [0.25, 0.3) is 0 Å². The molecule has 0 aromatic rings. The van der Waals surface area contributed by atoms with Gasteiger partial charge < -0.3 is 0 Å². The Hall–Kier alpha value is 0. The lowest BCUT2D eigenvalue weighted by molar-refractivity contribution is 0.166. The van der Waals surface area contributed by atoms with Crippen molar-refractivity contribution in [3.63, 3.8) is 0 Å². The van der Waals surface area contributed by atoms with Crippen molar-refractivity contribution >= 4 is 0 Å². The summed E-state index contributed by atoms with van der Waals surface area (Å²) in [5.74, 6) is 3.26. The van der Waals surface area contributed by atoms with Crippen molar-refractivity contribution in [1.29, 1.82) is 0 Å². The van der Waals surface area contributed by atoms with Gasteiger partial charge in [0.15, 0.2) is 0 Å². The Kier molecular flexibility index (Phi) is 3.29. The number of hydrogen-bond donors (Lipinski definition) is 0. The molecule has 0 N–H and O–H groups in total. The van der Waals surface area contributed by atoms with Gasteiger partial charge in [-0.3, -0.25) is 0 Å². The van der Waals surface area contributed by atoms with Gasteiger partial charge in [-0.15, -0.1) is 0 Å². The van der Waals surface area contributed by atoms with E-state index in [9.17, 15) is 0 Å². The average Bonchev–Trinajstić information content (AvgIpc) is 2.11. The van der Waals surface area contributed by atoms with Crippen molar-refractivity contribution < 1.29 is 0 Å². The van der Waals surface area contributed by atoms with Crippen LogP contribution in [0.1, 0.15) is 64.7 Å². The van der Waals surface area contributed by atoms with Gasteiger partial charge in [0.2, 0.25) is 0 Å². The second-order valence-electron chi connectivity index (χ2n) is 5.43. The molecule has 76 valence electrons. The minimum absolute atomic E-state index is 1.02. The summed E-state index contributed by atoms with van der Waals surface area (Å²) in [6.45, 7) is 2.47. The monoisotopic (exact) mass is 180 g/mol. The summed E-state index contributed by atoms with van der Waals surface area (Å²) in [5.41, 5.74) is 0. The zero-order chi connectivity index (χ0) is 9.10. The average molecular weight is 180 g/mol. The minimum Gasteiger partial charge on any atom is -0.0625 e. The van der Waals surface area contributed by atoms with E-state index < -0.39 is 0 Å². The molecule has 0 bridgehead atoms. The summed E-state index contributed by atoms with van der Waals surface area (Å²) in [4.78, 5) is 0. The van der Waals surface area contributed by atoms with Gasteiger partial charge >= 0.3 is 0 Å². The molecular formula is C13H24. The fraction of sp³-hybridized carbons (Fsp3) is 1.00. The highest BCUT2D eigenvalue weighted by Gasteiger charge is 2.27. The quantitative estimate of drug-likeness (QED) is 0.518. The van der Waals surface area contributed by atoms with E-state index in [1.165, 1.54) is 32.1 Å². The van der Waals surface area contributed by atoms with Crippen LogP contribution in [-0.4, -0.2) is 0 Å². The molecule has 0 heteroatoms. The Bertz CT molecular complexity index is 150. The summed E-state index contributed by atoms with van der Waals surface area (Å²) in [7, 11) is 0. The largest absolute Gasteiger partial charge is 0.0625 e. The maximum atomic E-state index is 2.47. The van der Waals surface area contributed by atoms with Crippen LogP contribution in [-0.2, 0) is 0 Å². The first-order valence-corrected chi connectivity index (χ1v) is 6.36. The third kappa shape index (κ3) is 2.48. The summed E-state index contributed by atoms with van der Waals surface area (Å²) < 4.78 is 0. The molecule has 3 unspecified atom stereocenters. The molecule has 2 aliphatic rings. The Balaban J connectivity index is 1.93. The molecule has 0 nitrogen and oxygen atoms in total. The molecule has 2 saturated carbocycles. The molecule has 2 rings (SSSR count). The zero-order valence-electron chi connectivity index (χ0n) is 9.10. The Morgan fingerprint density at radius 2 is 1.23 bits per heavy atom. The lowest BCUT2D eigenvalue weighted by Gasteiger charge is -2.35. The van der Waals surface area contributed by atoms with Crippen LogP contribution in [0.3, 0.4) is 0 Å². The van der Waals surface area contributed by atoms with E-state index in [1.54, 1.807) is 25.7 Å². The highest BCUT2D eigenvalue weighted by atomic mass is 14.3. The van der Waals surface area contributed by atoms with E-state index in [2.05, 4.69) is 6.92 Å². The lowest BCUT2D eigenvalue weighted by Crippen LogP contribution is -2.23. The SMILES string of the molecule is CC1CCCCC2CCCCC2C1. The Morgan fingerprint density at radius 1 is 0.692 bits per heavy atom. The van der Waals surface area contributed by atoms with Gasteiger partial charge in [0.1, 0.15) is 0 Å². The second-order valence-corrected chi connectivity index (χ2v) is 5.43. The number of hydrogen-bond acceptors (Lipinski definition) is 0. The van der Waals surface area contributed by atoms with Crippen LogP contribution in [0.4, 0.5) is 0 Å². The van der Waals surface area contributed by atoms with E-state index in [1.807, 2.05) is 0 Å². The van der Waals surface area contributed by atoms with Gasteiger partial charge in [-0.1, -0.05) is 58.3 Å². The van der Waals surface area contributed by atoms with Gasteiger partial charge in [-0.2, -0.15) is 0 Å². The second kappa shape index (κ2) is 4.48. The van der Waals surface area contributed by atoms with Crippen molar-refractivity contribution in [2.24, 2.45) is 17.8 Å². The van der Waals surface area contributed by atoms with Gasteiger partial charge in [0.05, 0.1) is 0 Å². The van der Waals surface area contributed by atoms with Crippen LogP contribution in [0.15, 0.2) is 0 Å². The van der Waals surface area contributed by atoms with Crippen LogP contribution >= 0.6 is 0 Å². The lowest BCUT2D eigenvalue weighted by atomic mass is 9.71. The van der Waals surface area contributed by atoms with Gasteiger partial charge in [0.25, 0.3) is 0 Å². The van der Waals surface area contributed by atoms with Crippen molar-refractivity contribution in [2.45, 2.75) is 64.7 Å². The highest BCUT2D eigenvalue weighted by molar-refractivity contribution is 4.78. The molecular weight excluding hydrogens is 156 g/mol. The standard InChI is InChI=1S/C13H24/c1-11-6-2-3-7-12-8-4-5-9-13(12)10-11/h11-13H,2-10H2,1H3. The molecule has 3 atom stereocenters. The van der Waals surface area contributed by atoms with Crippen LogP contribution < -0.4 is 0 Å². The summed E-state index contributed by atoms with van der Waals surface area (Å²) >= 11 is 0. The van der Waals surface area contributed by atoms with E-state index in [4.69, 9.17) is 0 Å². The highest BCUT2D eigenvalue weighted by Crippen LogP contribution is 2.39. The molecule has 0 spiro atoms. The van der Waals surface area contributed by atoms with Gasteiger partial charge in [-0.05, 0) is 24.2 Å². The molecule has 13 heavy (non-hydrogen) atoms. The third-order valence-corrected chi connectivity index (χ3v) is 4.29. The van der Waals surface area contributed by atoms with Crippen LogP contribution in [0.5, 0.6) is 0 Å². The number of rotatable bonds is 0. The zero-order valence-corrected chi connectivity index (χ0v) is 9.10. The summed E-state index contributed by atoms with van der Waals surface area (Å²) in [6.07, 6.45) is 13.8. The molecule has 0 amide bonds. The minimum atomic E-state index is 1.02. The fourth-order valence-corrected chi connectivity index (χ4v) is 3.51. The molecule has 0 aromatic heterocycles. The Morgan fingerprint density at radius 3 is 1.92 bits per heavy atom. The van der Waals surface area contributed by atoms with Crippen LogP contribution in [0, 0.1) is 17.8 Å². The molecule has 0 aliphatic heterocycles. The molecule has 0 aromatic carbocycles. The predicted molar refractivity (Wildman–Crippen MR) is 57.7 cm³/mol. The van der Waals surface area contributed by atoms with Crippen molar-refractivity contribution in [3.8, 4) is 0 Å². The van der Waals surface area contributed by atoms with E-state index in [0.717, 1.165) is 17.8 Å². The van der Waals surface area contributed by atoms with Gasteiger partial charge in [0, 0.05) is 0 Å². The smallest absolute Gasteiger partial charge is 0.0383 e. The topological polar surface area (TPSA) is 0 Å². The Labute approximate surface area is 83.1 Å². The first kappa shape index (κ1) is 9.55. The predicted octanol–water partition coefficient (Wildman–Crippen LogP) is 4.39. The fourth-order valence-electron chi connectivity index (χ4n) is 3.51. The first-order valence-electron chi connectivity index (χ1n) is 6.36. The molecule has 2 aliphatic carbocycles. The normalized spacial score (nSPS) is 41.8. The van der Waals surface area contributed by atoms with Crippen molar-refractivity contribution in [1.82, 2.24) is 0 Å². The molecule has 2 fully saturated rings. The van der Waals surface area contributed by atoms with E-state index in [-0.39, 0.29) is 0 Å². The maximum absolute atomic E-state index is 2.47.